The van der Waals surface area contributed by atoms with Gasteiger partial charge in [0.2, 0.25) is 0 Å². The van der Waals surface area contributed by atoms with Gasteiger partial charge in [0.1, 0.15) is 19.1 Å². The molecule has 0 aromatic carbocycles. The third-order valence-electron chi connectivity index (χ3n) is 1.91. The van der Waals surface area contributed by atoms with Crippen molar-refractivity contribution in [3.05, 3.63) is 28.2 Å². The topological polar surface area (TPSA) is 53.4 Å². The van der Waals surface area contributed by atoms with E-state index < -0.39 is 0 Å². The maximum Gasteiger partial charge on any atom is 0.267 e. The normalized spacial score (nSPS) is 10.1. The zero-order chi connectivity index (χ0) is 12.7. The van der Waals surface area contributed by atoms with Crippen LogP contribution in [0.3, 0.4) is 0 Å². The van der Waals surface area contributed by atoms with Crippen LogP contribution in [-0.2, 0) is 9.47 Å². The number of ether oxygens (including phenoxy) is 2. The summed E-state index contributed by atoms with van der Waals surface area (Å²) in [5.41, 5.74) is 0.431. The third-order valence-corrected chi connectivity index (χ3v) is 1.91. The highest BCUT2D eigenvalue weighted by atomic mass is 16.7. The molecule has 0 aliphatic carbocycles. The first-order valence-electron chi connectivity index (χ1n) is 5.30. The highest BCUT2D eigenvalue weighted by molar-refractivity contribution is 5.25. The molecule has 0 saturated carbocycles. The molecule has 0 fully saturated rings. The smallest absolute Gasteiger partial charge is 0.267 e. The zero-order valence-corrected chi connectivity index (χ0v) is 10.3. The molecule has 0 amide bonds. The number of aromatic nitrogens is 2. The molecule has 0 radical (unpaired) electrons. The van der Waals surface area contributed by atoms with Crippen molar-refractivity contribution in [3.63, 3.8) is 0 Å². The van der Waals surface area contributed by atoms with Crippen molar-refractivity contribution >= 4 is 0 Å². The van der Waals surface area contributed by atoms with Crippen LogP contribution < -0.4 is 5.56 Å². The average molecular weight is 236 g/mol. The van der Waals surface area contributed by atoms with Gasteiger partial charge in [0, 0.05) is 13.2 Å². The Morgan fingerprint density at radius 3 is 2.88 bits per heavy atom. The zero-order valence-electron chi connectivity index (χ0n) is 10.3. The van der Waals surface area contributed by atoms with Crippen LogP contribution in [0.15, 0.2) is 16.9 Å². The monoisotopic (exact) mass is 236 g/mol. The van der Waals surface area contributed by atoms with Gasteiger partial charge in [-0.2, -0.15) is 5.10 Å². The lowest BCUT2D eigenvalue weighted by molar-refractivity contribution is -0.0166. The second-order valence-corrected chi connectivity index (χ2v) is 3.65. The first-order valence-corrected chi connectivity index (χ1v) is 5.30. The molecule has 1 aromatic heterocycles. The fourth-order valence-electron chi connectivity index (χ4n) is 1.16. The Hall–Kier alpha value is -1.64. The van der Waals surface area contributed by atoms with Crippen molar-refractivity contribution in [2.24, 2.45) is 0 Å². The number of nitrogens with zero attached hydrogens (tertiary/aromatic N) is 2. The number of hydrogen-bond donors (Lipinski definition) is 0. The first kappa shape index (κ1) is 13.4. The minimum Gasteiger partial charge on any atom is -0.359 e. The van der Waals surface area contributed by atoms with E-state index in [4.69, 9.17) is 9.47 Å². The molecule has 5 nitrogen and oxygen atoms in total. The molecule has 0 bridgehead atoms. The molecule has 1 aromatic rings. The van der Waals surface area contributed by atoms with E-state index >= 15 is 0 Å². The summed E-state index contributed by atoms with van der Waals surface area (Å²) in [7, 11) is 1.55. The van der Waals surface area contributed by atoms with Gasteiger partial charge in [-0.25, -0.2) is 4.68 Å². The summed E-state index contributed by atoms with van der Waals surface area (Å²) in [6.07, 6.45) is 0. The standard InChI is InChI=1S/C12H16N2O3/c1-10(2)14-12(15)7-6-11(13-14)5-4-8-17-9-16-3/h6-7,10H,8-9H2,1-3H3. The fraction of sp³-hybridized carbons (Fsp3) is 0.500. The molecular formula is C12H16N2O3. The van der Waals surface area contributed by atoms with Crippen molar-refractivity contribution in [1.29, 1.82) is 0 Å². The molecule has 92 valence electrons. The maximum atomic E-state index is 11.4. The summed E-state index contributed by atoms with van der Waals surface area (Å²) in [5, 5.41) is 4.13. The van der Waals surface area contributed by atoms with Gasteiger partial charge >= 0.3 is 0 Å². The Labute approximate surface area is 100 Å². The summed E-state index contributed by atoms with van der Waals surface area (Å²) >= 11 is 0. The highest BCUT2D eigenvalue weighted by Gasteiger charge is 2.01. The Morgan fingerprint density at radius 2 is 2.24 bits per heavy atom. The van der Waals surface area contributed by atoms with Crippen molar-refractivity contribution in [2.45, 2.75) is 19.9 Å². The molecule has 0 aliphatic heterocycles. The second-order valence-electron chi connectivity index (χ2n) is 3.65. The number of methoxy groups -OCH3 is 1. The molecule has 0 saturated heterocycles. The van der Waals surface area contributed by atoms with Gasteiger partial charge in [-0.1, -0.05) is 5.92 Å². The Bertz CT molecular complexity index is 469. The van der Waals surface area contributed by atoms with E-state index in [0.717, 1.165) is 0 Å². The molecule has 0 unspecified atom stereocenters. The molecule has 0 aliphatic rings. The molecule has 0 N–H and O–H groups in total. The van der Waals surface area contributed by atoms with Crippen LogP contribution in [-0.4, -0.2) is 30.3 Å². The number of hydrogen-bond acceptors (Lipinski definition) is 4. The van der Waals surface area contributed by atoms with E-state index in [0.29, 0.717) is 5.69 Å². The van der Waals surface area contributed by atoms with Crippen molar-refractivity contribution in [1.82, 2.24) is 9.78 Å². The van der Waals surface area contributed by atoms with Crippen LogP contribution in [0.2, 0.25) is 0 Å². The van der Waals surface area contributed by atoms with Gasteiger partial charge in [0.25, 0.3) is 5.56 Å². The predicted octanol–water partition coefficient (Wildman–Crippen LogP) is 0.796. The van der Waals surface area contributed by atoms with E-state index in [1.165, 1.54) is 10.7 Å². The van der Waals surface area contributed by atoms with Crippen LogP contribution in [0.4, 0.5) is 0 Å². The lowest BCUT2D eigenvalue weighted by atomic mass is 10.3. The quantitative estimate of drug-likeness (QED) is 0.441. The van der Waals surface area contributed by atoms with Crippen LogP contribution >= 0.6 is 0 Å². The van der Waals surface area contributed by atoms with E-state index in [2.05, 4.69) is 16.9 Å². The van der Waals surface area contributed by atoms with Gasteiger partial charge in [0.05, 0.1) is 6.04 Å². The van der Waals surface area contributed by atoms with Crippen molar-refractivity contribution in [2.75, 3.05) is 20.5 Å². The van der Waals surface area contributed by atoms with Crippen LogP contribution in [0.1, 0.15) is 25.6 Å². The minimum absolute atomic E-state index is 0.0222. The minimum atomic E-state index is -0.124. The summed E-state index contributed by atoms with van der Waals surface area (Å²) in [5.74, 6) is 5.62. The highest BCUT2D eigenvalue weighted by Crippen LogP contribution is 1.97. The molecule has 0 spiro atoms. The fourth-order valence-corrected chi connectivity index (χ4v) is 1.16. The van der Waals surface area contributed by atoms with Gasteiger partial charge < -0.3 is 9.47 Å². The lowest BCUT2D eigenvalue weighted by Crippen LogP contribution is -2.24. The lowest BCUT2D eigenvalue weighted by Gasteiger charge is -2.07. The number of rotatable bonds is 4. The second kappa shape index (κ2) is 6.84. The summed E-state index contributed by atoms with van der Waals surface area (Å²) < 4.78 is 11.1. The third kappa shape index (κ3) is 4.39. The Kier molecular flexibility index (Phi) is 5.40. The Morgan fingerprint density at radius 1 is 1.47 bits per heavy atom. The molecule has 1 heterocycles. The predicted molar refractivity (Wildman–Crippen MR) is 63.6 cm³/mol. The van der Waals surface area contributed by atoms with E-state index in [1.807, 2.05) is 13.8 Å². The molecule has 0 atom stereocenters. The SMILES string of the molecule is COCOCC#Cc1ccc(=O)n(C(C)C)n1. The van der Waals surface area contributed by atoms with Gasteiger partial charge in [-0.3, -0.25) is 4.79 Å². The van der Waals surface area contributed by atoms with E-state index in [9.17, 15) is 4.79 Å². The van der Waals surface area contributed by atoms with E-state index in [-0.39, 0.29) is 25.0 Å². The van der Waals surface area contributed by atoms with Gasteiger partial charge in [-0.05, 0) is 25.8 Å². The largest absolute Gasteiger partial charge is 0.359 e. The van der Waals surface area contributed by atoms with Gasteiger partial charge in [-0.15, -0.1) is 0 Å². The summed E-state index contributed by atoms with van der Waals surface area (Å²) in [6, 6.07) is 3.09. The van der Waals surface area contributed by atoms with Crippen molar-refractivity contribution < 1.29 is 9.47 Å². The maximum absolute atomic E-state index is 11.4. The van der Waals surface area contributed by atoms with Crippen LogP contribution in [0.5, 0.6) is 0 Å². The molecular weight excluding hydrogens is 220 g/mol. The first-order chi connectivity index (χ1) is 8.15. The molecule has 17 heavy (non-hydrogen) atoms. The van der Waals surface area contributed by atoms with Crippen LogP contribution in [0, 0.1) is 11.8 Å². The van der Waals surface area contributed by atoms with E-state index in [1.54, 1.807) is 13.2 Å². The van der Waals surface area contributed by atoms with Crippen molar-refractivity contribution in [3.8, 4) is 11.8 Å². The van der Waals surface area contributed by atoms with Gasteiger partial charge in [0.15, 0.2) is 0 Å². The molecule has 1 rings (SSSR count). The summed E-state index contributed by atoms with van der Waals surface area (Å²) in [6.45, 7) is 4.28. The summed E-state index contributed by atoms with van der Waals surface area (Å²) in [4.78, 5) is 11.4. The Balaban J connectivity index is 2.72. The average Bonchev–Trinajstić information content (AvgIpc) is 2.30. The van der Waals surface area contributed by atoms with Crippen LogP contribution in [0.25, 0.3) is 0 Å². The molecule has 5 heteroatoms.